The van der Waals surface area contributed by atoms with Crippen molar-refractivity contribution >= 4 is 5.97 Å². The minimum Gasteiger partial charge on any atom is -0.465 e. The van der Waals surface area contributed by atoms with Gasteiger partial charge in [0.1, 0.15) is 0 Å². The van der Waals surface area contributed by atoms with Gasteiger partial charge in [0.25, 0.3) is 0 Å². The molecule has 2 heteroatoms. The van der Waals surface area contributed by atoms with Gasteiger partial charge in [-0.1, -0.05) is 43.3 Å². The van der Waals surface area contributed by atoms with Crippen LogP contribution >= 0.6 is 0 Å². The minimum atomic E-state index is -0.292. The number of carbonyl (C=O) groups excluding carboxylic acids is 1. The molecule has 0 unspecified atom stereocenters. The van der Waals surface area contributed by atoms with Crippen LogP contribution in [0.4, 0.5) is 0 Å². The van der Waals surface area contributed by atoms with Gasteiger partial charge in [0.05, 0.1) is 12.7 Å². The van der Waals surface area contributed by atoms with E-state index in [0.717, 1.165) is 12.8 Å². The quantitative estimate of drug-likeness (QED) is 0.779. The van der Waals surface area contributed by atoms with Gasteiger partial charge < -0.3 is 4.74 Å². The molecule has 19 heavy (non-hydrogen) atoms. The molecular weight excluding hydrogens is 236 g/mol. The first kappa shape index (κ1) is 13.3. The van der Waals surface area contributed by atoms with Crippen molar-refractivity contribution in [3.05, 3.63) is 70.8 Å². The zero-order valence-electron chi connectivity index (χ0n) is 11.3. The third-order valence-electron chi connectivity index (χ3n) is 3.18. The van der Waals surface area contributed by atoms with E-state index in [4.69, 9.17) is 0 Å². The topological polar surface area (TPSA) is 26.3 Å². The maximum Gasteiger partial charge on any atom is 0.337 e. The molecule has 0 fully saturated rings. The van der Waals surface area contributed by atoms with E-state index in [-0.39, 0.29) is 5.97 Å². The summed E-state index contributed by atoms with van der Waals surface area (Å²) in [6.07, 6.45) is 1.93. The monoisotopic (exact) mass is 254 g/mol. The van der Waals surface area contributed by atoms with E-state index in [1.807, 2.05) is 24.3 Å². The third kappa shape index (κ3) is 3.44. The summed E-state index contributed by atoms with van der Waals surface area (Å²) in [6, 6.07) is 16.2. The Hall–Kier alpha value is -2.09. The van der Waals surface area contributed by atoms with Gasteiger partial charge >= 0.3 is 5.97 Å². The average Bonchev–Trinajstić information content (AvgIpc) is 2.47. The molecule has 0 aliphatic carbocycles. The van der Waals surface area contributed by atoms with Crippen molar-refractivity contribution in [3.8, 4) is 0 Å². The first-order valence-corrected chi connectivity index (χ1v) is 6.48. The molecule has 2 rings (SSSR count). The fourth-order valence-corrected chi connectivity index (χ4v) is 2.07. The van der Waals surface area contributed by atoms with E-state index in [1.165, 1.54) is 23.8 Å². The highest BCUT2D eigenvalue weighted by Gasteiger charge is 2.04. The van der Waals surface area contributed by atoms with Crippen LogP contribution in [0.2, 0.25) is 0 Å². The normalized spacial score (nSPS) is 10.2. The van der Waals surface area contributed by atoms with E-state index in [0.29, 0.717) is 5.56 Å². The molecular formula is C17H18O2. The summed E-state index contributed by atoms with van der Waals surface area (Å²) in [5.74, 6) is -0.292. The lowest BCUT2D eigenvalue weighted by Crippen LogP contribution is -2.01. The van der Waals surface area contributed by atoms with Crippen LogP contribution in [0.15, 0.2) is 48.5 Å². The standard InChI is InChI=1S/C17H18O2/c1-3-13-5-4-6-15(11-13)12-14-7-9-16(10-8-14)17(18)19-2/h4-11H,3,12H2,1-2H3. The van der Waals surface area contributed by atoms with Gasteiger partial charge in [0, 0.05) is 0 Å². The highest BCUT2D eigenvalue weighted by molar-refractivity contribution is 5.89. The molecule has 0 bridgehead atoms. The summed E-state index contributed by atoms with van der Waals surface area (Å²) >= 11 is 0. The van der Waals surface area contributed by atoms with E-state index in [2.05, 4.69) is 35.9 Å². The number of benzene rings is 2. The van der Waals surface area contributed by atoms with Crippen LogP contribution in [0.25, 0.3) is 0 Å². The maximum atomic E-state index is 11.3. The molecule has 0 spiro atoms. The van der Waals surface area contributed by atoms with Gasteiger partial charge in [-0.25, -0.2) is 4.79 Å². The second kappa shape index (κ2) is 6.19. The lowest BCUT2D eigenvalue weighted by atomic mass is 10.0. The van der Waals surface area contributed by atoms with Gasteiger partial charge in [-0.2, -0.15) is 0 Å². The fraction of sp³-hybridized carbons (Fsp3) is 0.235. The summed E-state index contributed by atoms with van der Waals surface area (Å²) in [5, 5.41) is 0. The third-order valence-corrected chi connectivity index (χ3v) is 3.18. The van der Waals surface area contributed by atoms with Crippen LogP contribution < -0.4 is 0 Å². The number of hydrogen-bond acceptors (Lipinski definition) is 2. The molecule has 0 atom stereocenters. The van der Waals surface area contributed by atoms with Crippen molar-refractivity contribution in [2.45, 2.75) is 19.8 Å². The Bertz CT molecular complexity index is 556. The molecule has 0 aliphatic heterocycles. The van der Waals surface area contributed by atoms with Crippen LogP contribution in [0.5, 0.6) is 0 Å². The van der Waals surface area contributed by atoms with Crippen LogP contribution in [0.3, 0.4) is 0 Å². The van der Waals surface area contributed by atoms with Crippen LogP contribution in [0, 0.1) is 0 Å². The summed E-state index contributed by atoms with van der Waals surface area (Å²) < 4.78 is 4.69. The summed E-state index contributed by atoms with van der Waals surface area (Å²) in [4.78, 5) is 11.3. The fourth-order valence-electron chi connectivity index (χ4n) is 2.07. The largest absolute Gasteiger partial charge is 0.465 e. The molecule has 0 heterocycles. The van der Waals surface area contributed by atoms with Crippen molar-refractivity contribution in [1.82, 2.24) is 0 Å². The SMILES string of the molecule is CCc1cccc(Cc2ccc(C(=O)OC)cc2)c1. The molecule has 2 nitrogen and oxygen atoms in total. The molecule has 98 valence electrons. The number of esters is 1. The molecule has 2 aromatic carbocycles. The zero-order valence-corrected chi connectivity index (χ0v) is 11.3. The predicted octanol–water partition coefficient (Wildman–Crippen LogP) is 3.63. The van der Waals surface area contributed by atoms with Crippen LogP contribution in [-0.4, -0.2) is 13.1 Å². The van der Waals surface area contributed by atoms with Crippen LogP contribution in [-0.2, 0) is 17.6 Å². The number of hydrogen-bond donors (Lipinski definition) is 0. The smallest absolute Gasteiger partial charge is 0.337 e. The second-order valence-corrected chi connectivity index (χ2v) is 4.54. The summed E-state index contributed by atoms with van der Waals surface area (Å²) in [6.45, 7) is 2.16. The van der Waals surface area contributed by atoms with Crippen molar-refractivity contribution in [3.63, 3.8) is 0 Å². The molecule has 0 radical (unpaired) electrons. The Balaban J connectivity index is 2.12. The Morgan fingerprint density at radius 1 is 1.00 bits per heavy atom. The molecule has 0 saturated heterocycles. The first-order chi connectivity index (χ1) is 9.22. The number of carbonyl (C=O) groups is 1. The van der Waals surface area contributed by atoms with E-state index < -0.39 is 0 Å². The maximum absolute atomic E-state index is 11.3. The van der Waals surface area contributed by atoms with Gasteiger partial charge in [-0.3, -0.25) is 0 Å². The van der Waals surface area contributed by atoms with E-state index in [1.54, 1.807) is 0 Å². The zero-order chi connectivity index (χ0) is 13.7. The van der Waals surface area contributed by atoms with Gasteiger partial charge in [-0.15, -0.1) is 0 Å². The van der Waals surface area contributed by atoms with Gasteiger partial charge in [0.15, 0.2) is 0 Å². The van der Waals surface area contributed by atoms with Gasteiger partial charge in [-0.05, 0) is 41.7 Å². The van der Waals surface area contributed by atoms with Crippen molar-refractivity contribution < 1.29 is 9.53 Å². The second-order valence-electron chi connectivity index (χ2n) is 4.54. The minimum absolute atomic E-state index is 0.292. The van der Waals surface area contributed by atoms with Crippen LogP contribution in [0.1, 0.15) is 34.0 Å². The summed E-state index contributed by atoms with van der Waals surface area (Å²) in [5.41, 5.74) is 4.43. The van der Waals surface area contributed by atoms with E-state index >= 15 is 0 Å². The molecule has 0 saturated carbocycles. The number of aryl methyl sites for hydroxylation is 1. The number of ether oxygens (including phenoxy) is 1. The molecule has 0 N–H and O–H groups in total. The average molecular weight is 254 g/mol. The van der Waals surface area contributed by atoms with Crippen molar-refractivity contribution in [2.24, 2.45) is 0 Å². The van der Waals surface area contributed by atoms with Crippen molar-refractivity contribution in [2.75, 3.05) is 7.11 Å². The molecule has 0 amide bonds. The highest BCUT2D eigenvalue weighted by atomic mass is 16.5. The highest BCUT2D eigenvalue weighted by Crippen LogP contribution is 2.13. The van der Waals surface area contributed by atoms with Crippen molar-refractivity contribution in [1.29, 1.82) is 0 Å². The summed E-state index contributed by atoms with van der Waals surface area (Å²) in [7, 11) is 1.40. The molecule has 2 aromatic rings. The van der Waals surface area contributed by atoms with Gasteiger partial charge in [0.2, 0.25) is 0 Å². The predicted molar refractivity (Wildman–Crippen MR) is 76.4 cm³/mol. The van der Waals surface area contributed by atoms with E-state index in [9.17, 15) is 4.79 Å². The Kier molecular flexibility index (Phi) is 4.35. The lowest BCUT2D eigenvalue weighted by molar-refractivity contribution is 0.0600. The Labute approximate surface area is 114 Å². The Morgan fingerprint density at radius 3 is 2.32 bits per heavy atom. The number of rotatable bonds is 4. The molecule has 0 aromatic heterocycles. The first-order valence-electron chi connectivity index (χ1n) is 6.48. The number of methoxy groups -OCH3 is 1. The Morgan fingerprint density at radius 2 is 1.68 bits per heavy atom. The lowest BCUT2D eigenvalue weighted by Gasteiger charge is -2.05. The molecule has 0 aliphatic rings.